The fraction of sp³-hybridized carbons (Fsp3) is 0.333. The molecule has 104 valence electrons. The van der Waals surface area contributed by atoms with Crippen molar-refractivity contribution in [3.8, 4) is 11.5 Å². The van der Waals surface area contributed by atoms with Gasteiger partial charge in [0.2, 0.25) is 0 Å². The molecule has 18 heavy (non-hydrogen) atoms. The van der Waals surface area contributed by atoms with E-state index in [1.54, 1.807) is 0 Å². The molecule has 0 aliphatic carbocycles. The van der Waals surface area contributed by atoms with E-state index in [0.29, 0.717) is 6.07 Å². The first-order valence-electron chi connectivity index (χ1n) is 4.29. The third-order valence-electron chi connectivity index (χ3n) is 2.13. The monoisotopic (exact) mass is 293 g/mol. The Labute approximate surface area is 104 Å². The van der Waals surface area contributed by atoms with E-state index in [4.69, 9.17) is 15.9 Å². The Morgan fingerprint density at radius 1 is 1.00 bits per heavy atom. The average Bonchev–Trinajstić information content (AvgIpc) is 2.19. The van der Waals surface area contributed by atoms with Crippen molar-refractivity contribution in [1.29, 1.82) is 0 Å². The van der Waals surface area contributed by atoms with Crippen LogP contribution in [0.2, 0.25) is 0 Å². The lowest BCUT2D eigenvalue weighted by atomic mass is 10.0. The summed E-state index contributed by atoms with van der Waals surface area (Å²) in [4.78, 5) is 0. The molecule has 0 aliphatic heterocycles. The van der Waals surface area contributed by atoms with Gasteiger partial charge < -0.3 is 15.9 Å². The van der Waals surface area contributed by atoms with Crippen molar-refractivity contribution in [2.24, 2.45) is 5.73 Å². The normalized spacial score (nSPS) is 13.9. The highest BCUT2D eigenvalue weighted by Gasteiger charge is 2.61. The second kappa shape index (κ2) is 5.15. The molecule has 0 aliphatic rings. The molecule has 1 atom stereocenters. The number of aromatic hydroxyl groups is 2. The van der Waals surface area contributed by atoms with Crippen LogP contribution < -0.4 is 5.73 Å². The lowest BCUT2D eigenvalue weighted by molar-refractivity contribution is -0.291. The molecule has 1 rings (SSSR count). The Bertz CT molecular complexity index is 424. The Kier molecular flexibility index (Phi) is 4.78. The van der Waals surface area contributed by atoms with Gasteiger partial charge in [-0.05, 0) is 17.7 Å². The van der Waals surface area contributed by atoms with Crippen LogP contribution in [0.15, 0.2) is 18.2 Å². The van der Waals surface area contributed by atoms with Crippen molar-refractivity contribution in [2.75, 3.05) is 0 Å². The molecule has 1 aromatic carbocycles. The minimum absolute atomic E-state index is 0. The van der Waals surface area contributed by atoms with Crippen LogP contribution in [-0.2, 0) is 0 Å². The molecule has 3 nitrogen and oxygen atoms in total. The number of nitrogens with two attached hydrogens (primary N) is 1. The zero-order chi connectivity index (χ0) is 13.4. The molecular weight excluding hydrogens is 285 g/mol. The fourth-order valence-electron chi connectivity index (χ4n) is 1.12. The van der Waals surface area contributed by atoms with Gasteiger partial charge in [-0.2, -0.15) is 22.0 Å². The Morgan fingerprint density at radius 2 is 1.50 bits per heavy atom. The van der Waals surface area contributed by atoms with Gasteiger partial charge in [0.15, 0.2) is 11.5 Å². The van der Waals surface area contributed by atoms with E-state index < -0.39 is 35.2 Å². The first-order chi connectivity index (χ1) is 7.57. The highest BCUT2D eigenvalue weighted by atomic mass is 35.5. The smallest absolute Gasteiger partial charge is 0.455 e. The largest absolute Gasteiger partial charge is 0.504 e. The first kappa shape index (κ1) is 16.7. The Balaban J connectivity index is 0.00000289. The molecule has 1 aromatic rings. The second-order valence-electron chi connectivity index (χ2n) is 3.35. The minimum Gasteiger partial charge on any atom is -0.504 e. The van der Waals surface area contributed by atoms with Gasteiger partial charge in [0.1, 0.15) is 6.04 Å². The molecule has 0 unspecified atom stereocenters. The molecule has 0 bridgehead atoms. The topological polar surface area (TPSA) is 66.5 Å². The van der Waals surface area contributed by atoms with Crippen LogP contribution >= 0.6 is 12.4 Å². The summed E-state index contributed by atoms with van der Waals surface area (Å²) in [6.07, 6.45) is -5.79. The number of phenols is 2. The third kappa shape index (κ3) is 2.94. The standard InChI is InChI=1S/C9H8F5NO2.ClH/c10-8(11,9(12,13)14)7(15)4-1-2-5(16)6(17)3-4;/h1-3,7,16-17H,15H2;1H/t7-;/m0./s1. The van der Waals surface area contributed by atoms with Gasteiger partial charge in [-0.15, -0.1) is 12.4 Å². The summed E-state index contributed by atoms with van der Waals surface area (Å²) < 4.78 is 61.7. The van der Waals surface area contributed by atoms with Gasteiger partial charge in [-0.1, -0.05) is 6.07 Å². The number of phenolic OH excluding ortho intramolecular Hbond substituents is 2. The van der Waals surface area contributed by atoms with Crippen molar-refractivity contribution in [2.45, 2.75) is 18.1 Å². The lowest BCUT2D eigenvalue weighted by Crippen LogP contribution is -2.45. The van der Waals surface area contributed by atoms with Crippen LogP contribution in [0.25, 0.3) is 0 Å². The zero-order valence-electron chi connectivity index (χ0n) is 8.58. The Morgan fingerprint density at radius 3 is 1.89 bits per heavy atom. The molecular formula is C9H9ClF5NO2. The first-order valence-corrected chi connectivity index (χ1v) is 4.29. The summed E-state index contributed by atoms with van der Waals surface area (Å²) in [6, 6.07) is -0.551. The van der Waals surface area contributed by atoms with E-state index in [9.17, 15) is 22.0 Å². The lowest BCUT2D eigenvalue weighted by Gasteiger charge is -2.26. The summed E-state index contributed by atoms with van der Waals surface area (Å²) in [5, 5.41) is 17.9. The SMILES string of the molecule is Cl.N[C@@H](c1ccc(O)c(O)c1)C(F)(F)C(F)(F)F. The second-order valence-corrected chi connectivity index (χ2v) is 3.35. The van der Waals surface area contributed by atoms with Crippen molar-refractivity contribution in [3.05, 3.63) is 23.8 Å². The van der Waals surface area contributed by atoms with Gasteiger partial charge in [0.25, 0.3) is 0 Å². The predicted octanol–water partition coefficient (Wildman–Crippen LogP) is 2.72. The van der Waals surface area contributed by atoms with E-state index in [1.807, 2.05) is 0 Å². The van der Waals surface area contributed by atoms with Crippen LogP contribution in [0.1, 0.15) is 11.6 Å². The number of hydrogen-bond acceptors (Lipinski definition) is 3. The summed E-state index contributed by atoms with van der Waals surface area (Å²) in [5.41, 5.74) is 4.18. The van der Waals surface area contributed by atoms with Gasteiger partial charge >= 0.3 is 12.1 Å². The van der Waals surface area contributed by atoms with Gasteiger partial charge in [0, 0.05) is 0 Å². The minimum atomic E-state index is -5.79. The fourth-order valence-corrected chi connectivity index (χ4v) is 1.12. The van der Waals surface area contributed by atoms with E-state index in [-0.39, 0.29) is 12.4 Å². The van der Waals surface area contributed by atoms with E-state index in [0.717, 1.165) is 12.1 Å². The average molecular weight is 294 g/mol. The molecule has 0 aromatic heterocycles. The molecule has 9 heteroatoms. The molecule has 0 saturated carbocycles. The molecule has 0 amide bonds. The maximum Gasteiger partial charge on any atom is 0.455 e. The van der Waals surface area contributed by atoms with Crippen molar-refractivity contribution in [3.63, 3.8) is 0 Å². The maximum atomic E-state index is 12.8. The Hall–Kier alpha value is -1.28. The maximum absolute atomic E-state index is 12.8. The molecule has 0 radical (unpaired) electrons. The van der Waals surface area contributed by atoms with Gasteiger partial charge in [-0.3, -0.25) is 0 Å². The number of rotatable bonds is 2. The number of alkyl halides is 5. The third-order valence-corrected chi connectivity index (χ3v) is 2.13. The quantitative estimate of drug-likeness (QED) is 0.580. The van der Waals surface area contributed by atoms with E-state index in [1.165, 1.54) is 0 Å². The summed E-state index contributed by atoms with van der Waals surface area (Å²) in [6.45, 7) is 0. The number of hydrogen-bond donors (Lipinski definition) is 3. The molecule has 4 N–H and O–H groups in total. The van der Waals surface area contributed by atoms with Gasteiger partial charge in [-0.25, -0.2) is 0 Å². The zero-order valence-corrected chi connectivity index (χ0v) is 9.40. The van der Waals surface area contributed by atoms with Crippen molar-refractivity contribution in [1.82, 2.24) is 0 Å². The summed E-state index contributed by atoms with van der Waals surface area (Å²) >= 11 is 0. The van der Waals surface area contributed by atoms with Gasteiger partial charge in [0.05, 0.1) is 0 Å². The summed E-state index contributed by atoms with van der Waals surface area (Å²) in [7, 11) is 0. The van der Waals surface area contributed by atoms with Crippen LogP contribution in [0.5, 0.6) is 11.5 Å². The number of halogens is 6. The highest BCUT2D eigenvalue weighted by Crippen LogP contribution is 2.44. The predicted molar refractivity (Wildman–Crippen MR) is 55.0 cm³/mol. The summed E-state index contributed by atoms with van der Waals surface area (Å²) in [5.74, 6) is -6.59. The van der Waals surface area contributed by atoms with Crippen molar-refractivity contribution >= 4 is 12.4 Å². The van der Waals surface area contributed by atoms with E-state index >= 15 is 0 Å². The van der Waals surface area contributed by atoms with Crippen LogP contribution in [0, 0.1) is 0 Å². The van der Waals surface area contributed by atoms with Crippen LogP contribution in [0.3, 0.4) is 0 Å². The molecule has 0 fully saturated rings. The van der Waals surface area contributed by atoms with Crippen LogP contribution in [-0.4, -0.2) is 22.3 Å². The number of benzene rings is 1. The molecule has 0 spiro atoms. The van der Waals surface area contributed by atoms with E-state index in [2.05, 4.69) is 0 Å². The highest BCUT2D eigenvalue weighted by molar-refractivity contribution is 5.85. The van der Waals surface area contributed by atoms with Crippen LogP contribution in [0.4, 0.5) is 22.0 Å². The molecule has 0 heterocycles. The molecule has 0 saturated heterocycles. The van der Waals surface area contributed by atoms with Crippen molar-refractivity contribution < 1.29 is 32.2 Å².